The Labute approximate surface area is 50.1 Å². The highest BCUT2D eigenvalue weighted by molar-refractivity contribution is 4.62. The van der Waals surface area contributed by atoms with Gasteiger partial charge in [0, 0.05) is 0 Å². The third-order valence-corrected chi connectivity index (χ3v) is 1.38. The second-order valence-corrected chi connectivity index (χ2v) is 2.14. The van der Waals surface area contributed by atoms with Gasteiger partial charge in [-0.2, -0.15) is 0 Å². The summed E-state index contributed by atoms with van der Waals surface area (Å²) in [6.45, 7) is 4.11. The van der Waals surface area contributed by atoms with Gasteiger partial charge in [-0.15, -0.1) is 0 Å². The third kappa shape index (κ3) is 2.26. The molecule has 0 heterocycles. The van der Waals surface area contributed by atoms with Crippen LogP contribution in [0.3, 0.4) is 0 Å². The third-order valence-electron chi connectivity index (χ3n) is 1.38. The average Bonchev–Trinajstić information content (AvgIpc) is 1.84. The maximum atomic E-state index is 12.4. The first-order chi connectivity index (χ1) is 3.72. The normalized spacial score (nSPS) is 18.0. The molecule has 1 nitrogen and oxygen atoms in total. The van der Waals surface area contributed by atoms with E-state index in [2.05, 4.69) is 0 Å². The lowest BCUT2D eigenvalue weighted by Gasteiger charge is -2.10. The van der Waals surface area contributed by atoms with E-state index in [1.54, 1.807) is 0 Å². The number of halogens is 1. The first-order valence-electron chi connectivity index (χ1n) is 3.06. The van der Waals surface area contributed by atoms with Gasteiger partial charge in [0.25, 0.3) is 0 Å². The zero-order valence-corrected chi connectivity index (χ0v) is 5.52. The SMILES string of the molecule is CCC(F)C(C)CN. The predicted octanol–water partition coefficient (Wildman–Crippen LogP) is 1.33. The molecule has 2 unspecified atom stereocenters. The Balaban J connectivity index is 3.29. The van der Waals surface area contributed by atoms with Crippen LogP contribution in [-0.4, -0.2) is 12.7 Å². The molecular formula is C6H14FN. The van der Waals surface area contributed by atoms with Gasteiger partial charge in [0.15, 0.2) is 0 Å². The number of alkyl halides is 1. The molecule has 0 saturated heterocycles. The summed E-state index contributed by atoms with van der Waals surface area (Å²) in [5.41, 5.74) is 5.21. The molecule has 0 aliphatic carbocycles. The van der Waals surface area contributed by atoms with Crippen molar-refractivity contribution in [2.45, 2.75) is 26.4 Å². The zero-order chi connectivity index (χ0) is 6.57. The van der Waals surface area contributed by atoms with Gasteiger partial charge in [-0.3, -0.25) is 0 Å². The quantitative estimate of drug-likeness (QED) is 0.596. The molecule has 2 atom stereocenters. The van der Waals surface area contributed by atoms with Crippen molar-refractivity contribution in [2.24, 2.45) is 11.7 Å². The van der Waals surface area contributed by atoms with E-state index in [4.69, 9.17) is 5.73 Å². The molecule has 0 radical (unpaired) electrons. The lowest BCUT2D eigenvalue weighted by molar-refractivity contribution is 0.239. The topological polar surface area (TPSA) is 26.0 Å². The van der Waals surface area contributed by atoms with Gasteiger partial charge in [0.05, 0.1) is 0 Å². The first-order valence-corrected chi connectivity index (χ1v) is 3.06. The molecule has 0 spiro atoms. The molecular weight excluding hydrogens is 105 g/mol. The van der Waals surface area contributed by atoms with Gasteiger partial charge in [-0.1, -0.05) is 13.8 Å². The first kappa shape index (κ1) is 7.89. The Kier molecular flexibility index (Phi) is 3.79. The van der Waals surface area contributed by atoms with Crippen molar-refractivity contribution >= 4 is 0 Å². The molecule has 0 fully saturated rings. The number of rotatable bonds is 3. The van der Waals surface area contributed by atoms with Crippen molar-refractivity contribution in [1.29, 1.82) is 0 Å². The van der Waals surface area contributed by atoms with Crippen LogP contribution in [0.15, 0.2) is 0 Å². The van der Waals surface area contributed by atoms with Gasteiger partial charge < -0.3 is 5.73 Å². The predicted molar refractivity (Wildman–Crippen MR) is 33.4 cm³/mol. The van der Waals surface area contributed by atoms with E-state index < -0.39 is 6.17 Å². The van der Waals surface area contributed by atoms with E-state index in [9.17, 15) is 4.39 Å². The number of nitrogens with two attached hydrogens (primary N) is 1. The Morgan fingerprint density at radius 2 is 2.12 bits per heavy atom. The Hall–Kier alpha value is -0.110. The fourth-order valence-electron chi connectivity index (χ4n) is 0.550. The molecule has 0 amide bonds. The molecule has 0 aromatic heterocycles. The minimum absolute atomic E-state index is 0.0278. The maximum absolute atomic E-state index is 12.4. The highest BCUT2D eigenvalue weighted by Gasteiger charge is 2.10. The van der Waals surface area contributed by atoms with Gasteiger partial charge in [-0.05, 0) is 18.9 Å². The van der Waals surface area contributed by atoms with Crippen LogP contribution in [0.1, 0.15) is 20.3 Å². The molecule has 50 valence electrons. The molecule has 0 aliphatic rings. The minimum atomic E-state index is -0.708. The molecule has 0 saturated carbocycles. The summed E-state index contributed by atoms with van der Waals surface area (Å²) in [6, 6.07) is 0. The lowest BCUT2D eigenvalue weighted by atomic mass is 10.1. The Morgan fingerprint density at radius 1 is 1.62 bits per heavy atom. The minimum Gasteiger partial charge on any atom is -0.330 e. The molecule has 0 aliphatic heterocycles. The van der Waals surface area contributed by atoms with Gasteiger partial charge in [0.1, 0.15) is 6.17 Å². The Bertz CT molecular complexity index is 48.5. The van der Waals surface area contributed by atoms with Crippen molar-refractivity contribution in [3.05, 3.63) is 0 Å². The van der Waals surface area contributed by atoms with E-state index in [-0.39, 0.29) is 5.92 Å². The van der Waals surface area contributed by atoms with Crippen LogP contribution in [0, 0.1) is 5.92 Å². The molecule has 2 heteroatoms. The molecule has 8 heavy (non-hydrogen) atoms. The van der Waals surface area contributed by atoms with Crippen LogP contribution in [0.4, 0.5) is 4.39 Å². The lowest BCUT2D eigenvalue weighted by Crippen LogP contribution is -2.20. The molecule has 0 rings (SSSR count). The van der Waals surface area contributed by atoms with Crippen LogP contribution < -0.4 is 5.73 Å². The summed E-state index contributed by atoms with van der Waals surface area (Å²) in [5.74, 6) is 0.0278. The van der Waals surface area contributed by atoms with Crippen molar-refractivity contribution in [3.8, 4) is 0 Å². The van der Waals surface area contributed by atoms with Crippen molar-refractivity contribution in [3.63, 3.8) is 0 Å². The van der Waals surface area contributed by atoms with E-state index in [0.717, 1.165) is 0 Å². The summed E-state index contributed by atoms with van der Waals surface area (Å²) in [7, 11) is 0. The van der Waals surface area contributed by atoms with Crippen LogP contribution in [-0.2, 0) is 0 Å². The van der Waals surface area contributed by atoms with Crippen molar-refractivity contribution in [1.82, 2.24) is 0 Å². The van der Waals surface area contributed by atoms with E-state index in [0.29, 0.717) is 13.0 Å². The van der Waals surface area contributed by atoms with E-state index in [1.165, 1.54) is 0 Å². The van der Waals surface area contributed by atoms with Gasteiger partial charge >= 0.3 is 0 Å². The monoisotopic (exact) mass is 119 g/mol. The molecule has 0 bridgehead atoms. The summed E-state index contributed by atoms with van der Waals surface area (Å²) >= 11 is 0. The van der Waals surface area contributed by atoms with Crippen LogP contribution >= 0.6 is 0 Å². The summed E-state index contributed by atoms with van der Waals surface area (Å²) < 4.78 is 12.4. The molecule has 0 aromatic carbocycles. The summed E-state index contributed by atoms with van der Waals surface area (Å²) in [5, 5.41) is 0. The fourth-order valence-corrected chi connectivity index (χ4v) is 0.550. The second kappa shape index (κ2) is 3.84. The molecule has 0 aromatic rings. The average molecular weight is 119 g/mol. The van der Waals surface area contributed by atoms with Gasteiger partial charge in [-0.25, -0.2) is 4.39 Å². The summed E-state index contributed by atoms with van der Waals surface area (Å²) in [6.07, 6.45) is -0.127. The summed E-state index contributed by atoms with van der Waals surface area (Å²) in [4.78, 5) is 0. The zero-order valence-electron chi connectivity index (χ0n) is 5.52. The van der Waals surface area contributed by atoms with Gasteiger partial charge in [0.2, 0.25) is 0 Å². The van der Waals surface area contributed by atoms with E-state index in [1.807, 2.05) is 13.8 Å². The van der Waals surface area contributed by atoms with Crippen molar-refractivity contribution in [2.75, 3.05) is 6.54 Å². The number of hydrogen-bond acceptors (Lipinski definition) is 1. The largest absolute Gasteiger partial charge is 0.330 e. The maximum Gasteiger partial charge on any atom is 0.104 e. The van der Waals surface area contributed by atoms with Crippen molar-refractivity contribution < 1.29 is 4.39 Å². The standard InChI is InChI=1S/C6H14FN/c1-3-6(7)5(2)4-8/h5-6H,3-4,8H2,1-2H3. The highest BCUT2D eigenvalue weighted by Crippen LogP contribution is 2.08. The fraction of sp³-hybridized carbons (Fsp3) is 1.00. The molecule has 2 N–H and O–H groups in total. The Morgan fingerprint density at radius 3 is 2.25 bits per heavy atom. The number of hydrogen-bond donors (Lipinski definition) is 1. The van der Waals surface area contributed by atoms with Crippen LogP contribution in [0.25, 0.3) is 0 Å². The van der Waals surface area contributed by atoms with Crippen LogP contribution in [0.2, 0.25) is 0 Å². The second-order valence-electron chi connectivity index (χ2n) is 2.14. The van der Waals surface area contributed by atoms with E-state index >= 15 is 0 Å². The highest BCUT2D eigenvalue weighted by atomic mass is 19.1. The van der Waals surface area contributed by atoms with Crippen LogP contribution in [0.5, 0.6) is 0 Å². The smallest absolute Gasteiger partial charge is 0.104 e.